The van der Waals surface area contributed by atoms with Crippen LogP contribution >= 0.6 is 0 Å². The van der Waals surface area contributed by atoms with Gasteiger partial charge in [0.25, 0.3) is 0 Å². The van der Waals surface area contributed by atoms with Gasteiger partial charge in [0.15, 0.2) is 6.10 Å². The van der Waals surface area contributed by atoms with E-state index in [0.717, 1.165) is 122 Å². The number of carbonyl (C=O) groups excluding carboxylic acids is 3. The molecule has 0 aromatic rings. The number of carbonyl (C=O) groups is 3. The van der Waals surface area contributed by atoms with Crippen LogP contribution in [0, 0.1) is 0 Å². The summed E-state index contributed by atoms with van der Waals surface area (Å²) in [5.74, 6) is -1.05. The van der Waals surface area contributed by atoms with E-state index in [9.17, 15) is 14.4 Å². The van der Waals surface area contributed by atoms with Crippen molar-refractivity contribution in [2.75, 3.05) is 13.2 Å². The minimum atomic E-state index is -0.833. The largest absolute Gasteiger partial charge is 0.462 e. The van der Waals surface area contributed by atoms with Crippen LogP contribution in [0.4, 0.5) is 0 Å². The lowest BCUT2D eigenvalue weighted by molar-refractivity contribution is -0.167. The van der Waals surface area contributed by atoms with Crippen molar-refractivity contribution >= 4 is 17.9 Å². The summed E-state index contributed by atoms with van der Waals surface area (Å²) in [6.45, 7) is 6.28. The summed E-state index contributed by atoms with van der Waals surface area (Å²) in [7, 11) is 0. The first-order valence-electron chi connectivity index (χ1n) is 27.3. The maximum absolute atomic E-state index is 12.8. The second-order valence-electron chi connectivity index (χ2n) is 17.4. The van der Waals surface area contributed by atoms with Gasteiger partial charge in [0, 0.05) is 19.3 Å². The van der Waals surface area contributed by atoms with E-state index in [2.05, 4.69) is 167 Å². The molecule has 0 radical (unpaired) electrons. The normalized spacial score (nSPS) is 13.3. The highest BCUT2D eigenvalue weighted by molar-refractivity contribution is 5.71. The monoisotopic (exact) mass is 951 g/mol. The molecule has 0 aliphatic rings. The first-order valence-corrected chi connectivity index (χ1v) is 27.3. The van der Waals surface area contributed by atoms with Crippen LogP contribution in [0.3, 0.4) is 0 Å². The molecular weight excluding hydrogens is 853 g/mol. The average Bonchev–Trinajstić information content (AvgIpc) is 3.35. The molecule has 0 spiro atoms. The molecule has 1 atom stereocenters. The van der Waals surface area contributed by atoms with E-state index in [0.29, 0.717) is 19.3 Å². The Kier molecular flexibility index (Phi) is 52.1. The molecule has 0 amide bonds. The molecule has 69 heavy (non-hydrogen) atoms. The fourth-order valence-electron chi connectivity index (χ4n) is 6.77. The molecule has 0 aromatic heterocycles. The first kappa shape index (κ1) is 64.3. The van der Waals surface area contributed by atoms with Crippen LogP contribution in [-0.2, 0) is 28.6 Å². The van der Waals surface area contributed by atoms with Crippen LogP contribution in [0.15, 0.2) is 146 Å². The van der Waals surface area contributed by atoms with Gasteiger partial charge in [-0.05, 0) is 135 Å². The molecule has 6 heteroatoms. The van der Waals surface area contributed by atoms with Crippen LogP contribution in [0.25, 0.3) is 0 Å². The third kappa shape index (κ3) is 54.1. The Hall–Kier alpha value is -4.71. The maximum atomic E-state index is 12.8. The standard InChI is InChI=1S/C63H98O6/c1-4-7-10-13-16-19-22-25-27-28-29-30-31-32-33-34-36-38-41-44-47-50-53-56-62(65)68-59-60(58-67-61(64)55-52-49-46-43-40-37-24-21-18-15-12-9-6-3)69-63(66)57-54-51-48-45-42-39-35-26-23-20-17-14-11-8-5-2/h7-8,10-11,16-17,19-21,24-27,29-30,32-33,35-36,38,42,44-45,47,60H,4-6,9,12-15,18,22-23,28,31,34,37,39-41,43,46,48-59H2,1-3H3/b10-7-,11-8-,19-16-,20-17-,24-21-,27-25-,30-29-,33-32-,35-26-,38-36-,45-42-,47-44-. The second-order valence-corrected chi connectivity index (χ2v) is 17.4. The fourth-order valence-corrected chi connectivity index (χ4v) is 6.77. The van der Waals surface area contributed by atoms with Gasteiger partial charge in [0.2, 0.25) is 0 Å². The molecule has 0 rings (SSSR count). The van der Waals surface area contributed by atoms with Crippen LogP contribution in [0.5, 0.6) is 0 Å². The van der Waals surface area contributed by atoms with E-state index in [1.165, 1.54) is 38.5 Å². The van der Waals surface area contributed by atoms with Gasteiger partial charge in [0.1, 0.15) is 13.2 Å². The van der Waals surface area contributed by atoms with Crippen molar-refractivity contribution in [3.8, 4) is 0 Å². The minimum Gasteiger partial charge on any atom is -0.462 e. The Morgan fingerprint density at radius 3 is 0.986 bits per heavy atom. The summed E-state index contributed by atoms with van der Waals surface area (Å²) in [5.41, 5.74) is 0. The summed E-state index contributed by atoms with van der Waals surface area (Å²) < 4.78 is 16.7. The molecule has 6 nitrogen and oxygen atoms in total. The SMILES string of the molecule is CC/C=C\C/C=C\C/C=C\C/C=C\C/C=C\C/C=C\C/C=C\CCCC(=O)OCC(COC(=O)CCCCCCC/C=C\CCCCCC)OC(=O)CCCC/C=C\C/C=C\C/C=C\C/C=C\CC. The molecule has 0 aliphatic carbocycles. The average molecular weight is 951 g/mol. The van der Waals surface area contributed by atoms with Gasteiger partial charge in [-0.15, -0.1) is 0 Å². The molecule has 0 aromatic carbocycles. The van der Waals surface area contributed by atoms with Crippen molar-refractivity contribution < 1.29 is 28.6 Å². The predicted octanol–water partition coefficient (Wildman–Crippen LogP) is 18.4. The van der Waals surface area contributed by atoms with E-state index in [1.807, 2.05) is 0 Å². The molecule has 0 saturated heterocycles. The van der Waals surface area contributed by atoms with Crippen molar-refractivity contribution in [1.29, 1.82) is 0 Å². The Bertz CT molecular complexity index is 1560. The highest BCUT2D eigenvalue weighted by atomic mass is 16.6. The Morgan fingerprint density at radius 1 is 0.304 bits per heavy atom. The van der Waals surface area contributed by atoms with Crippen molar-refractivity contribution in [3.05, 3.63) is 146 Å². The van der Waals surface area contributed by atoms with Gasteiger partial charge in [0.05, 0.1) is 0 Å². The van der Waals surface area contributed by atoms with E-state index < -0.39 is 6.10 Å². The van der Waals surface area contributed by atoms with Crippen molar-refractivity contribution in [1.82, 2.24) is 0 Å². The summed E-state index contributed by atoms with van der Waals surface area (Å²) in [6.07, 6.45) is 79.8. The number of allylic oxidation sites excluding steroid dienone is 24. The van der Waals surface area contributed by atoms with Crippen molar-refractivity contribution in [3.63, 3.8) is 0 Å². The van der Waals surface area contributed by atoms with Gasteiger partial charge >= 0.3 is 17.9 Å². The van der Waals surface area contributed by atoms with E-state index in [-0.39, 0.29) is 44.0 Å². The van der Waals surface area contributed by atoms with Gasteiger partial charge in [-0.1, -0.05) is 205 Å². The van der Waals surface area contributed by atoms with Crippen molar-refractivity contribution in [2.24, 2.45) is 0 Å². The van der Waals surface area contributed by atoms with Crippen LogP contribution < -0.4 is 0 Å². The molecule has 0 aliphatic heterocycles. The van der Waals surface area contributed by atoms with Gasteiger partial charge in [-0.25, -0.2) is 0 Å². The number of hydrogen-bond acceptors (Lipinski definition) is 6. The van der Waals surface area contributed by atoms with Crippen molar-refractivity contribution in [2.45, 2.75) is 219 Å². The lowest BCUT2D eigenvalue weighted by Gasteiger charge is -2.18. The highest BCUT2D eigenvalue weighted by Gasteiger charge is 2.19. The lowest BCUT2D eigenvalue weighted by Crippen LogP contribution is -2.30. The van der Waals surface area contributed by atoms with E-state index >= 15 is 0 Å². The minimum absolute atomic E-state index is 0.123. The zero-order valence-corrected chi connectivity index (χ0v) is 44.0. The summed E-state index contributed by atoms with van der Waals surface area (Å²) >= 11 is 0. The predicted molar refractivity (Wildman–Crippen MR) is 297 cm³/mol. The Morgan fingerprint density at radius 2 is 0.580 bits per heavy atom. The van der Waals surface area contributed by atoms with Crippen LogP contribution in [0.2, 0.25) is 0 Å². The first-order chi connectivity index (χ1) is 34.0. The van der Waals surface area contributed by atoms with E-state index in [4.69, 9.17) is 14.2 Å². The van der Waals surface area contributed by atoms with Crippen LogP contribution in [0.1, 0.15) is 213 Å². The molecule has 0 bridgehead atoms. The highest BCUT2D eigenvalue weighted by Crippen LogP contribution is 2.12. The number of esters is 3. The zero-order chi connectivity index (χ0) is 50.0. The molecule has 386 valence electrons. The van der Waals surface area contributed by atoms with Gasteiger partial charge < -0.3 is 14.2 Å². The summed E-state index contributed by atoms with van der Waals surface area (Å²) in [6, 6.07) is 0. The number of hydrogen-bond donors (Lipinski definition) is 0. The molecule has 0 fully saturated rings. The number of ether oxygens (including phenoxy) is 3. The maximum Gasteiger partial charge on any atom is 0.306 e. The van der Waals surface area contributed by atoms with Gasteiger partial charge in [-0.2, -0.15) is 0 Å². The zero-order valence-electron chi connectivity index (χ0n) is 44.0. The lowest BCUT2D eigenvalue weighted by atomic mass is 10.1. The third-order valence-electron chi connectivity index (χ3n) is 10.8. The molecule has 0 saturated carbocycles. The fraction of sp³-hybridized carbons (Fsp3) is 0.571. The molecule has 1 unspecified atom stereocenters. The number of rotatable bonds is 47. The molecule has 0 N–H and O–H groups in total. The quantitative estimate of drug-likeness (QED) is 0.0262. The summed E-state index contributed by atoms with van der Waals surface area (Å²) in [4.78, 5) is 38.0. The third-order valence-corrected chi connectivity index (χ3v) is 10.8. The molecule has 0 heterocycles. The topological polar surface area (TPSA) is 78.9 Å². The van der Waals surface area contributed by atoms with E-state index in [1.54, 1.807) is 0 Å². The van der Waals surface area contributed by atoms with Gasteiger partial charge in [-0.3, -0.25) is 14.4 Å². The Labute approximate surface area is 423 Å². The Balaban J connectivity index is 4.56. The van der Waals surface area contributed by atoms with Crippen LogP contribution in [-0.4, -0.2) is 37.2 Å². The second kappa shape index (κ2) is 55.9. The smallest absolute Gasteiger partial charge is 0.306 e. The number of unbranched alkanes of at least 4 members (excludes halogenated alkanes) is 12. The molecular formula is C63H98O6. The summed E-state index contributed by atoms with van der Waals surface area (Å²) in [5, 5.41) is 0.